The molecule has 3 heterocycles. The van der Waals surface area contributed by atoms with Gasteiger partial charge in [0.15, 0.2) is 0 Å². The van der Waals surface area contributed by atoms with Gasteiger partial charge in [-0.2, -0.15) is 0 Å². The number of aromatic nitrogens is 1. The average Bonchev–Trinajstić information content (AvgIpc) is 3.35. The normalized spacial score (nSPS) is 24.7. The van der Waals surface area contributed by atoms with Gasteiger partial charge in [0.2, 0.25) is 11.8 Å². The van der Waals surface area contributed by atoms with Crippen molar-refractivity contribution in [2.45, 2.75) is 42.1 Å². The first-order valence-corrected chi connectivity index (χ1v) is 9.85. The molecule has 0 spiro atoms. The van der Waals surface area contributed by atoms with E-state index in [1.807, 2.05) is 0 Å². The molecule has 5 N–H and O–H groups in total. The number of fused-ring (bicyclic) bond motifs is 1. The lowest BCUT2D eigenvalue weighted by Gasteiger charge is -2.43. The number of thioether (sulfide) groups is 1. The Morgan fingerprint density at radius 1 is 1.37 bits per heavy atom. The Balaban J connectivity index is 0.000000448. The minimum absolute atomic E-state index is 0.0606. The fourth-order valence-corrected chi connectivity index (χ4v) is 5.00. The average molecular weight is 433 g/mol. The molecule has 2 aromatic rings. The van der Waals surface area contributed by atoms with Gasteiger partial charge in [0.25, 0.3) is 0 Å². The number of aromatic hydroxyl groups is 1. The predicted octanol–water partition coefficient (Wildman–Crippen LogP) is 0.498. The van der Waals surface area contributed by atoms with Crippen molar-refractivity contribution >= 4 is 29.5 Å². The van der Waals surface area contributed by atoms with Gasteiger partial charge in [-0.15, -0.1) is 11.8 Å². The van der Waals surface area contributed by atoms with Crippen molar-refractivity contribution < 1.29 is 29.1 Å². The lowest BCUT2D eigenvalue weighted by molar-refractivity contribution is -0.161. The quantitative estimate of drug-likeness (QED) is 0.504. The number of carboxylic acid groups (broad SMARTS) is 1. The number of carboxylic acids is 1. The van der Waals surface area contributed by atoms with Gasteiger partial charge in [-0.1, -0.05) is 17.3 Å². The number of hydrogen-bond donors (Lipinski definition) is 4. The van der Waals surface area contributed by atoms with Gasteiger partial charge in [0.1, 0.15) is 41.7 Å². The topological polar surface area (TPSA) is 159 Å². The highest BCUT2D eigenvalue weighted by Crippen LogP contribution is 2.50. The summed E-state index contributed by atoms with van der Waals surface area (Å²) in [5, 5.41) is 24.1. The van der Waals surface area contributed by atoms with Gasteiger partial charge in [-0.05, 0) is 31.5 Å². The molecule has 0 saturated carbocycles. The number of phenolic OH excluding ortho intramolecular Hbond substituents is 1. The summed E-state index contributed by atoms with van der Waals surface area (Å²) in [6.07, 6.45) is 3.90. The highest BCUT2D eigenvalue weighted by Gasteiger charge is 2.64. The second kappa shape index (κ2) is 8.36. The summed E-state index contributed by atoms with van der Waals surface area (Å²) in [7, 11) is 0. The molecule has 1 aromatic heterocycles. The van der Waals surface area contributed by atoms with Crippen molar-refractivity contribution in [2.75, 3.05) is 0 Å². The molecule has 1 radical (unpaired) electrons. The van der Waals surface area contributed by atoms with Crippen LogP contribution in [0.15, 0.2) is 41.1 Å². The summed E-state index contributed by atoms with van der Waals surface area (Å²) in [4.78, 5) is 37.5. The van der Waals surface area contributed by atoms with Crippen LogP contribution in [0.2, 0.25) is 0 Å². The molecule has 2 aliphatic heterocycles. The van der Waals surface area contributed by atoms with Crippen LogP contribution in [0, 0.1) is 6.20 Å². The highest BCUT2D eigenvalue weighted by atomic mass is 32.2. The van der Waals surface area contributed by atoms with Crippen molar-refractivity contribution in [1.82, 2.24) is 15.4 Å². The van der Waals surface area contributed by atoms with Gasteiger partial charge in [0, 0.05) is 10.8 Å². The van der Waals surface area contributed by atoms with E-state index in [-0.39, 0.29) is 5.75 Å². The smallest absolute Gasteiger partial charge is 0.327 e. The fourth-order valence-electron chi connectivity index (χ4n) is 3.37. The van der Waals surface area contributed by atoms with Crippen LogP contribution < -0.4 is 11.1 Å². The van der Waals surface area contributed by atoms with E-state index < -0.39 is 46.0 Å². The zero-order chi connectivity index (χ0) is 22.1. The first-order chi connectivity index (χ1) is 14.1. The van der Waals surface area contributed by atoms with Crippen LogP contribution in [0.5, 0.6) is 5.75 Å². The molecule has 159 valence electrons. The Morgan fingerprint density at radius 2 is 2.03 bits per heavy atom. The van der Waals surface area contributed by atoms with E-state index in [2.05, 4.69) is 21.2 Å². The van der Waals surface area contributed by atoms with Crippen molar-refractivity contribution in [1.29, 1.82) is 0 Å². The molecule has 0 bridgehead atoms. The van der Waals surface area contributed by atoms with Crippen LogP contribution in [0.1, 0.15) is 25.5 Å². The summed E-state index contributed by atoms with van der Waals surface area (Å²) < 4.78 is 3.63. The summed E-state index contributed by atoms with van der Waals surface area (Å²) >= 11 is 1.35. The van der Waals surface area contributed by atoms with E-state index in [0.29, 0.717) is 5.56 Å². The molecule has 2 amide bonds. The molecule has 4 rings (SSSR count). The van der Waals surface area contributed by atoms with Crippen molar-refractivity contribution in [3.8, 4) is 5.75 Å². The van der Waals surface area contributed by atoms with Crippen LogP contribution in [0.3, 0.4) is 0 Å². The van der Waals surface area contributed by atoms with Gasteiger partial charge < -0.3 is 30.7 Å². The molecule has 2 saturated heterocycles. The minimum Gasteiger partial charge on any atom is -0.508 e. The third-order valence-corrected chi connectivity index (χ3v) is 6.39. The van der Waals surface area contributed by atoms with Crippen molar-refractivity contribution in [3.05, 3.63) is 48.4 Å². The molecule has 0 unspecified atom stereocenters. The van der Waals surface area contributed by atoms with E-state index in [1.54, 1.807) is 19.9 Å². The predicted molar refractivity (Wildman–Crippen MR) is 106 cm³/mol. The van der Waals surface area contributed by atoms with Crippen LogP contribution >= 0.6 is 11.8 Å². The highest BCUT2D eigenvalue weighted by molar-refractivity contribution is 8.01. The number of amides is 2. The lowest BCUT2D eigenvalue weighted by atomic mass is 9.95. The number of nitrogens with one attached hydrogen (secondary N) is 1. The Kier molecular flexibility index (Phi) is 6.04. The zero-order valence-electron chi connectivity index (χ0n) is 16.2. The summed E-state index contributed by atoms with van der Waals surface area (Å²) in [5.74, 6) is -1.94. The first-order valence-electron chi connectivity index (χ1n) is 8.97. The maximum atomic E-state index is 12.3. The Bertz CT molecular complexity index is 900. The number of aliphatic carboxylic acids is 1. The number of rotatable bonds is 4. The SMILES string of the molecule is CC1(C)S[C@@H]2[C@H](NC(=O)[C@H](N)c3ccc(O)cc3)C(=O)N2[C@H]1C(=O)O.[c]1ccon1. The van der Waals surface area contributed by atoms with Gasteiger partial charge in [-0.3, -0.25) is 9.59 Å². The summed E-state index contributed by atoms with van der Waals surface area (Å²) in [5.41, 5.74) is 6.41. The van der Waals surface area contributed by atoms with E-state index in [0.717, 1.165) is 0 Å². The van der Waals surface area contributed by atoms with Crippen LogP contribution in [-0.4, -0.2) is 60.3 Å². The molecule has 0 aliphatic carbocycles. The largest absolute Gasteiger partial charge is 0.508 e. The van der Waals surface area contributed by atoms with Gasteiger partial charge >= 0.3 is 5.97 Å². The van der Waals surface area contributed by atoms with Crippen LogP contribution in [0.4, 0.5) is 0 Å². The fraction of sp³-hybridized carbons (Fsp3) is 0.368. The standard InChI is InChI=1S/C16H19N3O5S.C3H2NO/c1-16(2)11(15(23)24)19-13(22)10(14(19)25-16)18-12(21)9(17)7-3-5-8(20)6-4-7;1-2-4-5-3-1/h3-6,9-11,14,20H,17H2,1-2H3,(H,18,21)(H,23,24);1,3H/t9-,10-,11+,14-;/m1./s1. The number of carbonyl (C=O) groups excluding carboxylic acids is 2. The van der Waals surface area contributed by atoms with Gasteiger partial charge in [0.05, 0.1) is 0 Å². The first kappa shape index (κ1) is 21.7. The summed E-state index contributed by atoms with van der Waals surface area (Å²) in [6, 6.07) is 4.80. The Labute approximate surface area is 176 Å². The molecule has 2 fully saturated rings. The lowest BCUT2D eigenvalue weighted by Crippen LogP contribution is -2.71. The van der Waals surface area contributed by atoms with Crippen LogP contribution in [-0.2, 0) is 14.4 Å². The number of nitrogens with two attached hydrogens (primary N) is 1. The number of nitrogens with zero attached hydrogens (tertiary/aromatic N) is 2. The molecule has 30 heavy (non-hydrogen) atoms. The number of carbonyl (C=O) groups is 3. The maximum absolute atomic E-state index is 12.3. The van der Waals surface area contributed by atoms with Crippen molar-refractivity contribution in [2.24, 2.45) is 5.73 Å². The molecule has 1 aromatic carbocycles. The number of benzene rings is 1. The molecule has 4 atom stereocenters. The monoisotopic (exact) mass is 433 g/mol. The third kappa shape index (κ3) is 4.12. The minimum atomic E-state index is -1.06. The van der Waals surface area contributed by atoms with Crippen molar-refractivity contribution in [3.63, 3.8) is 0 Å². The number of β-lactam (4-membered cyclic amide) rings is 1. The molecule has 11 heteroatoms. The molecular weight excluding hydrogens is 412 g/mol. The molecule has 10 nitrogen and oxygen atoms in total. The van der Waals surface area contributed by atoms with Crippen LogP contribution in [0.25, 0.3) is 0 Å². The number of phenols is 1. The van der Waals surface area contributed by atoms with Gasteiger partial charge in [-0.25, -0.2) is 4.79 Å². The summed E-state index contributed by atoms with van der Waals surface area (Å²) in [6.45, 7) is 3.53. The van der Waals surface area contributed by atoms with E-state index >= 15 is 0 Å². The number of hydrogen-bond acceptors (Lipinski definition) is 8. The van der Waals surface area contributed by atoms with E-state index in [9.17, 15) is 24.6 Å². The second-order valence-electron chi connectivity index (χ2n) is 7.28. The second-order valence-corrected chi connectivity index (χ2v) is 9.05. The third-order valence-electron chi connectivity index (χ3n) is 4.82. The van der Waals surface area contributed by atoms with E-state index in [1.165, 1.54) is 47.2 Å². The molecular formula is C19H21N4O6S. The zero-order valence-corrected chi connectivity index (χ0v) is 17.0. The maximum Gasteiger partial charge on any atom is 0.327 e. The molecule has 2 aliphatic rings. The Morgan fingerprint density at radius 3 is 2.53 bits per heavy atom. The Hall–Kier alpha value is -3.05. The van der Waals surface area contributed by atoms with E-state index in [4.69, 9.17) is 5.73 Å².